The van der Waals surface area contributed by atoms with E-state index in [0.29, 0.717) is 24.7 Å². The Labute approximate surface area is 171 Å². The molecule has 3 rings (SSSR count). The van der Waals surface area contributed by atoms with Crippen molar-refractivity contribution in [3.05, 3.63) is 20.8 Å². The third-order valence-corrected chi connectivity index (χ3v) is 6.96. The number of thioether (sulfide) groups is 1. The van der Waals surface area contributed by atoms with Crippen LogP contribution in [0.2, 0.25) is 0 Å². The third-order valence-electron chi connectivity index (χ3n) is 4.80. The summed E-state index contributed by atoms with van der Waals surface area (Å²) in [5, 5.41) is 4.14. The first-order valence-corrected chi connectivity index (χ1v) is 11.4. The summed E-state index contributed by atoms with van der Waals surface area (Å²) in [5.41, 5.74) is 1.19. The van der Waals surface area contributed by atoms with Gasteiger partial charge in [-0.15, -0.1) is 11.3 Å². The van der Waals surface area contributed by atoms with Crippen LogP contribution in [0.5, 0.6) is 0 Å². The van der Waals surface area contributed by atoms with Crippen molar-refractivity contribution in [2.45, 2.75) is 57.1 Å². The van der Waals surface area contributed by atoms with Gasteiger partial charge in [0.2, 0.25) is 5.91 Å². The van der Waals surface area contributed by atoms with Crippen LogP contribution in [0.1, 0.15) is 43.0 Å². The zero-order valence-corrected chi connectivity index (χ0v) is 17.8. The van der Waals surface area contributed by atoms with Crippen LogP contribution in [0, 0.1) is 0 Å². The smallest absolute Gasteiger partial charge is 0.305 e. The lowest BCUT2D eigenvalue weighted by molar-refractivity contribution is -0.140. The highest BCUT2D eigenvalue weighted by atomic mass is 32.2. The van der Waals surface area contributed by atoms with Crippen molar-refractivity contribution in [2.24, 2.45) is 0 Å². The first-order valence-electron chi connectivity index (χ1n) is 9.56. The molecule has 0 aromatic carbocycles. The Bertz CT molecular complexity index is 935. The molecule has 0 aliphatic heterocycles. The quantitative estimate of drug-likeness (QED) is 0.304. The molecule has 0 bridgehead atoms. The molecule has 0 radical (unpaired) electrons. The maximum absolute atomic E-state index is 13.0. The van der Waals surface area contributed by atoms with E-state index in [0.717, 1.165) is 29.5 Å². The summed E-state index contributed by atoms with van der Waals surface area (Å²) in [5.74, 6) is -0.245. The van der Waals surface area contributed by atoms with Crippen molar-refractivity contribution < 1.29 is 14.3 Å². The molecule has 1 N–H and O–H groups in total. The van der Waals surface area contributed by atoms with Gasteiger partial charge in [-0.3, -0.25) is 19.0 Å². The molecule has 0 saturated heterocycles. The van der Waals surface area contributed by atoms with Crippen molar-refractivity contribution in [1.29, 1.82) is 0 Å². The number of aryl methyl sites for hydroxylation is 2. The van der Waals surface area contributed by atoms with Crippen LogP contribution in [0.4, 0.5) is 0 Å². The van der Waals surface area contributed by atoms with E-state index in [9.17, 15) is 14.4 Å². The van der Waals surface area contributed by atoms with Crippen molar-refractivity contribution in [3.63, 3.8) is 0 Å². The van der Waals surface area contributed by atoms with Gasteiger partial charge in [-0.2, -0.15) is 0 Å². The second-order valence-electron chi connectivity index (χ2n) is 6.65. The summed E-state index contributed by atoms with van der Waals surface area (Å²) in [4.78, 5) is 43.0. The Morgan fingerprint density at radius 1 is 1.32 bits per heavy atom. The van der Waals surface area contributed by atoms with Crippen LogP contribution in [0.15, 0.2) is 9.95 Å². The second kappa shape index (κ2) is 9.56. The lowest BCUT2D eigenvalue weighted by atomic mass is 9.97. The van der Waals surface area contributed by atoms with Crippen molar-refractivity contribution in [3.8, 4) is 0 Å². The standard InChI is InChI=1S/C19H25N3O4S2/c1-3-22-18(25)16-12-7-4-5-8-13(12)28-17(16)21-19(22)27-11-14(23)20-10-6-9-15(24)26-2/h3-11H2,1-2H3,(H,20,23). The molecular formula is C19H25N3O4S2. The molecule has 0 fully saturated rings. The van der Waals surface area contributed by atoms with Gasteiger partial charge in [0.05, 0.1) is 18.2 Å². The summed E-state index contributed by atoms with van der Waals surface area (Å²) in [7, 11) is 1.35. The number of amides is 1. The highest BCUT2D eigenvalue weighted by molar-refractivity contribution is 7.99. The molecule has 2 aromatic heterocycles. The number of nitrogens with zero attached hydrogens (tertiary/aromatic N) is 2. The maximum Gasteiger partial charge on any atom is 0.305 e. The first kappa shape index (κ1) is 20.9. The van der Waals surface area contributed by atoms with Crippen molar-refractivity contribution in [2.75, 3.05) is 19.4 Å². The Morgan fingerprint density at radius 3 is 2.86 bits per heavy atom. The SMILES string of the molecule is CCn1c(SCC(=O)NCCCC(=O)OC)nc2sc3c(c2c1=O)CCCC3. The van der Waals surface area contributed by atoms with Gasteiger partial charge >= 0.3 is 5.97 Å². The summed E-state index contributed by atoms with van der Waals surface area (Å²) < 4.78 is 6.24. The highest BCUT2D eigenvalue weighted by Crippen LogP contribution is 2.34. The number of carbonyl (C=O) groups is 2. The Hall–Kier alpha value is -1.87. The van der Waals surface area contributed by atoms with Gasteiger partial charge in [-0.1, -0.05) is 11.8 Å². The van der Waals surface area contributed by atoms with E-state index in [-0.39, 0.29) is 29.6 Å². The molecule has 0 spiro atoms. The average Bonchev–Trinajstić information content (AvgIpc) is 3.08. The fourth-order valence-electron chi connectivity index (χ4n) is 3.35. The number of aromatic nitrogens is 2. The Balaban J connectivity index is 1.68. The normalized spacial score (nSPS) is 13.4. The molecule has 152 valence electrons. The highest BCUT2D eigenvalue weighted by Gasteiger charge is 2.22. The molecule has 9 heteroatoms. The minimum Gasteiger partial charge on any atom is -0.469 e. The Kier molecular flexibility index (Phi) is 7.12. The molecule has 0 saturated carbocycles. The van der Waals surface area contributed by atoms with Gasteiger partial charge in [-0.25, -0.2) is 4.98 Å². The zero-order valence-electron chi connectivity index (χ0n) is 16.2. The van der Waals surface area contributed by atoms with E-state index in [1.54, 1.807) is 15.9 Å². The fourth-order valence-corrected chi connectivity index (χ4v) is 5.55. The van der Waals surface area contributed by atoms with Crippen molar-refractivity contribution in [1.82, 2.24) is 14.9 Å². The molecule has 2 aromatic rings. The predicted molar refractivity (Wildman–Crippen MR) is 111 cm³/mol. The molecule has 0 atom stereocenters. The van der Waals surface area contributed by atoms with Crippen LogP contribution in [0.25, 0.3) is 10.2 Å². The number of hydrogen-bond acceptors (Lipinski definition) is 7. The number of hydrogen-bond donors (Lipinski definition) is 1. The number of esters is 1. The van der Waals surface area contributed by atoms with E-state index in [4.69, 9.17) is 4.98 Å². The minimum atomic E-state index is -0.285. The topological polar surface area (TPSA) is 90.3 Å². The van der Waals surface area contributed by atoms with Crippen LogP contribution in [-0.2, 0) is 33.7 Å². The van der Waals surface area contributed by atoms with E-state index in [1.807, 2.05) is 6.92 Å². The average molecular weight is 424 g/mol. The van der Waals surface area contributed by atoms with E-state index >= 15 is 0 Å². The molecular weight excluding hydrogens is 398 g/mol. The number of methoxy groups -OCH3 is 1. The summed E-state index contributed by atoms with van der Waals surface area (Å²) in [6, 6.07) is 0. The fraction of sp³-hybridized carbons (Fsp3) is 0.579. The van der Waals surface area contributed by atoms with Gasteiger partial charge in [0, 0.05) is 24.4 Å². The molecule has 7 nitrogen and oxygen atoms in total. The number of rotatable bonds is 8. The molecule has 1 aliphatic rings. The van der Waals surface area contributed by atoms with E-state index in [1.165, 1.54) is 35.7 Å². The summed E-state index contributed by atoms with van der Waals surface area (Å²) in [6.45, 7) is 2.86. The van der Waals surface area contributed by atoms with Crippen LogP contribution in [0.3, 0.4) is 0 Å². The third kappa shape index (κ3) is 4.57. The van der Waals surface area contributed by atoms with E-state index < -0.39 is 0 Å². The molecule has 0 unspecified atom stereocenters. The minimum absolute atomic E-state index is 0.00730. The first-order chi connectivity index (χ1) is 13.5. The van der Waals surface area contributed by atoms with Crippen LogP contribution in [-0.4, -0.2) is 40.8 Å². The predicted octanol–water partition coefficient (Wildman–Crippen LogP) is 2.52. The van der Waals surface area contributed by atoms with Crippen LogP contribution >= 0.6 is 23.1 Å². The van der Waals surface area contributed by atoms with Gasteiger partial charge in [0.25, 0.3) is 5.56 Å². The number of fused-ring (bicyclic) bond motifs is 3. The maximum atomic E-state index is 13.0. The number of ether oxygens (including phenoxy) is 1. The monoisotopic (exact) mass is 423 g/mol. The molecule has 1 amide bonds. The zero-order chi connectivity index (χ0) is 20.1. The molecule has 1 aliphatic carbocycles. The lowest BCUT2D eigenvalue weighted by Gasteiger charge is -2.12. The lowest BCUT2D eigenvalue weighted by Crippen LogP contribution is -2.28. The second-order valence-corrected chi connectivity index (χ2v) is 8.68. The number of nitrogens with one attached hydrogen (secondary N) is 1. The molecule has 28 heavy (non-hydrogen) atoms. The largest absolute Gasteiger partial charge is 0.469 e. The Morgan fingerprint density at radius 2 is 2.11 bits per heavy atom. The van der Waals surface area contributed by atoms with E-state index in [2.05, 4.69) is 10.1 Å². The summed E-state index contributed by atoms with van der Waals surface area (Å²) >= 11 is 2.90. The van der Waals surface area contributed by atoms with Gasteiger partial charge < -0.3 is 10.1 Å². The van der Waals surface area contributed by atoms with Gasteiger partial charge in [0.15, 0.2) is 5.16 Å². The molecule has 2 heterocycles. The number of thiophene rings is 1. The van der Waals surface area contributed by atoms with Gasteiger partial charge in [-0.05, 0) is 44.6 Å². The van der Waals surface area contributed by atoms with Crippen LogP contribution < -0.4 is 10.9 Å². The van der Waals surface area contributed by atoms with Gasteiger partial charge in [0.1, 0.15) is 4.83 Å². The number of carbonyl (C=O) groups excluding carboxylic acids is 2. The van der Waals surface area contributed by atoms with Crippen molar-refractivity contribution >= 4 is 45.2 Å². The summed E-state index contributed by atoms with van der Waals surface area (Å²) in [6.07, 6.45) is 5.08.